The van der Waals surface area contributed by atoms with E-state index < -0.39 is 6.09 Å². The molecule has 0 aliphatic heterocycles. The Bertz CT molecular complexity index is 860. The van der Waals surface area contributed by atoms with Crippen LogP contribution in [0.2, 0.25) is 0 Å². The molecule has 0 unspecified atom stereocenters. The van der Waals surface area contributed by atoms with Crippen molar-refractivity contribution in [1.29, 1.82) is 0 Å². The van der Waals surface area contributed by atoms with Crippen molar-refractivity contribution in [2.45, 2.75) is 13.2 Å². The van der Waals surface area contributed by atoms with E-state index >= 15 is 0 Å². The van der Waals surface area contributed by atoms with Crippen molar-refractivity contribution in [3.8, 4) is 11.1 Å². The summed E-state index contributed by atoms with van der Waals surface area (Å²) in [5, 5.41) is 9.15. The maximum Gasteiger partial charge on any atom is 0.414 e. The van der Waals surface area contributed by atoms with E-state index in [4.69, 9.17) is 9.84 Å². The van der Waals surface area contributed by atoms with E-state index in [1.165, 1.54) is 4.90 Å². The molecule has 0 radical (unpaired) electrons. The quantitative estimate of drug-likeness (QED) is 0.733. The number of anilines is 1. The molecule has 3 aromatic rings. The predicted molar refractivity (Wildman–Crippen MR) is 103 cm³/mol. The molecular formula is C22H21NO3. The van der Waals surface area contributed by atoms with Gasteiger partial charge < -0.3 is 9.84 Å². The molecule has 1 N–H and O–H groups in total. The Balaban J connectivity index is 1.70. The average Bonchev–Trinajstić information content (AvgIpc) is 2.72. The molecule has 0 aromatic heterocycles. The van der Waals surface area contributed by atoms with E-state index in [9.17, 15) is 4.79 Å². The fourth-order valence-corrected chi connectivity index (χ4v) is 2.62. The smallest absolute Gasteiger partial charge is 0.414 e. The Morgan fingerprint density at radius 1 is 0.885 bits per heavy atom. The fourth-order valence-electron chi connectivity index (χ4n) is 2.62. The topological polar surface area (TPSA) is 49.8 Å². The number of amides is 1. The zero-order valence-corrected chi connectivity index (χ0v) is 14.6. The minimum atomic E-state index is -0.401. The van der Waals surface area contributed by atoms with E-state index in [-0.39, 0.29) is 13.2 Å². The average molecular weight is 347 g/mol. The number of aliphatic hydroxyl groups excluding tert-OH is 1. The number of hydrogen-bond donors (Lipinski definition) is 1. The normalized spacial score (nSPS) is 10.4. The van der Waals surface area contributed by atoms with Crippen LogP contribution in [0.25, 0.3) is 11.1 Å². The van der Waals surface area contributed by atoms with Gasteiger partial charge in [0.1, 0.15) is 6.61 Å². The highest BCUT2D eigenvalue weighted by Crippen LogP contribution is 2.25. The number of aliphatic hydroxyl groups is 1. The maximum absolute atomic E-state index is 12.3. The number of rotatable bonds is 5. The van der Waals surface area contributed by atoms with E-state index in [1.807, 2.05) is 78.9 Å². The van der Waals surface area contributed by atoms with E-state index in [2.05, 4.69) is 0 Å². The molecule has 0 aliphatic carbocycles. The molecule has 26 heavy (non-hydrogen) atoms. The minimum Gasteiger partial charge on any atom is -0.444 e. The van der Waals surface area contributed by atoms with Gasteiger partial charge in [0.15, 0.2) is 0 Å². The highest BCUT2D eigenvalue weighted by Gasteiger charge is 2.13. The lowest BCUT2D eigenvalue weighted by molar-refractivity contribution is 0.148. The van der Waals surface area contributed by atoms with Crippen LogP contribution in [0.1, 0.15) is 11.1 Å². The third kappa shape index (κ3) is 4.29. The van der Waals surface area contributed by atoms with Gasteiger partial charge >= 0.3 is 6.09 Å². The molecule has 4 heteroatoms. The molecule has 0 atom stereocenters. The van der Waals surface area contributed by atoms with Gasteiger partial charge in [-0.25, -0.2) is 4.79 Å². The lowest BCUT2D eigenvalue weighted by Gasteiger charge is -2.18. The van der Waals surface area contributed by atoms with Crippen molar-refractivity contribution in [1.82, 2.24) is 0 Å². The molecule has 0 heterocycles. The van der Waals surface area contributed by atoms with Gasteiger partial charge in [-0.1, -0.05) is 66.7 Å². The summed E-state index contributed by atoms with van der Waals surface area (Å²) in [6, 6.07) is 25.0. The Kier molecular flexibility index (Phi) is 5.66. The van der Waals surface area contributed by atoms with Gasteiger partial charge in [-0.2, -0.15) is 0 Å². The number of ether oxygens (including phenoxy) is 1. The molecule has 0 bridgehead atoms. The fraction of sp³-hybridized carbons (Fsp3) is 0.136. The van der Waals surface area contributed by atoms with Gasteiger partial charge in [-0.3, -0.25) is 4.90 Å². The molecule has 4 nitrogen and oxygen atoms in total. The summed E-state index contributed by atoms with van der Waals surface area (Å²) in [5.74, 6) is 0. The molecule has 3 rings (SSSR count). The van der Waals surface area contributed by atoms with Gasteiger partial charge in [-0.15, -0.1) is 0 Å². The Morgan fingerprint density at radius 2 is 1.62 bits per heavy atom. The molecule has 0 spiro atoms. The number of carbonyl (C=O) groups excluding carboxylic acids is 1. The SMILES string of the molecule is CN(C(=O)OCc1ccccc1)c1cccc(-c2ccc(CO)cc2)c1. The van der Waals surface area contributed by atoms with E-state index in [1.54, 1.807) is 7.05 Å². The van der Waals surface area contributed by atoms with Crippen LogP contribution in [0.15, 0.2) is 78.9 Å². The lowest BCUT2D eigenvalue weighted by Crippen LogP contribution is -2.26. The Morgan fingerprint density at radius 3 is 2.31 bits per heavy atom. The first-order valence-electron chi connectivity index (χ1n) is 8.42. The summed E-state index contributed by atoms with van der Waals surface area (Å²) in [5.41, 5.74) is 4.59. The molecule has 0 fully saturated rings. The minimum absolute atomic E-state index is 0.0241. The summed E-state index contributed by atoms with van der Waals surface area (Å²) in [4.78, 5) is 13.8. The second kappa shape index (κ2) is 8.32. The Hall–Kier alpha value is -3.11. The monoisotopic (exact) mass is 347 g/mol. The zero-order valence-electron chi connectivity index (χ0n) is 14.6. The highest BCUT2D eigenvalue weighted by molar-refractivity contribution is 5.88. The van der Waals surface area contributed by atoms with Crippen molar-refractivity contribution in [3.63, 3.8) is 0 Å². The van der Waals surface area contributed by atoms with E-state index in [0.29, 0.717) is 0 Å². The molecule has 1 amide bonds. The zero-order chi connectivity index (χ0) is 18.4. The van der Waals surface area contributed by atoms with Crippen LogP contribution in [-0.4, -0.2) is 18.2 Å². The van der Waals surface area contributed by atoms with Crippen LogP contribution in [0, 0.1) is 0 Å². The second-order valence-corrected chi connectivity index (χ2v) is 6.00. The molecule has 0 saturated heterocycles. The number of benzene rings is 3. The van der Waals surface area contributed by atoms with Crippen molar-refractivity contribution < 1.29 is 14.6 Å². The molecule has 3 aromatic carbocycles. The van der Waals surface area contributed by atoms with Crippen LogP contribution in [-0.2, 0) is 18.0 Å². The van der Waals surface area contributed by atoms with Crippen LogP contribution < -0.4 is 4.90 Å². The van der Waals surface area contributed by atoms with Gasteiger partial charge in [0.25, 0.3) is 0 Å². The van der Waals surface area contributed by atoms with Gasteiger partial charge in [0.2, 0.25) is 0 Å². The molecule has 132 valence electrons. The largest absolute Gasteiger partial charge is 0.444 e. The first-order chi connectivity index (χ1) is 12.7. The predicted octanol–water partition coefficient (Wildman–Crippen LogP) is 4.62. The van der Waals surface area contributed by atoms with Crippen LogP contribution in [0.3, 0.4) is 0 Å². The van der Waals surface area contributed by atoms with Gasteiger partial charge in [0.05, 0.1) is 6.61 Å². The highest BCUT2D eigenvalue weighted by atomic mass is 16.6. The third-order valence-electron chi connectivity index (χ3n) is 4.18. The summed E-state index contributed by atoms with van der Waals surface area (Å²) in [6.07, 6.45) is -0.401. The standard InChI is InChI=1S/C22H21NO3/c1-23(22(25)26-16-18-6-3-2-4-7-18)21-9-5-8-20(14-21)19-12-10-17(15-24)11-13-19/h2-14,24H,15-16H2,1H3. The summed E-state index contributed by atoms with van der Waals surface area (Å²) in [7, 11) is 1.70. The first-order valence-corrected chi connectivity index (χ1v) is 8.42. The van der Waals surface area contributed by atoms with Crippen LogP contribution in [0.4, 0.5) is 10.5 Å². The molecular weight excluding hydrogens is 326 g/mol. The number of hydrogen-bond acceptors (Lipinski definition) is 3. The third-order valence-corrected chi connectivity index (χ3v) is 4.18. The van der Waals surface area contributed by atoms with Crippen LogP contribution in [0.5, 0.6) is 0 Å². The number of carbonyl (C=O) groups is 1. The summed E-state index contributed by atoms with van der Waals surface area (Å²) >= 11 is 0. The summed E-state index contributed by atoms with van der Waals surface area (Å²) < 4.78 is 5.38. The second-order valence-electron chi connectivity index (χ2n) is 6.00. The van der Waals surface area contributed by atoms with Crippen molar-refractivity contribution in [2.24, 2.45) is 0 Å². The van der Waals surface area contributed by atoms with Crippen molar-refractivity contribution >= 4 is 11.8 Å². The maximum atomic E-state index is 12.3. The van der Waals surface area contributed by atoms with Gasteiger partial charge in [-0.05, 0) is 34.4 Å². The van der Waals surface area contributed by atoms with Crippen molar-refractivity contribution in [3.05, 3.63) is 90.0 Å². The molecule has 0 saturated carbocycles. The lowest BCUT2D eigenvalue weighted by atomic mass is 10.0. The number of nitrogens with zero attached hydrogens (tertiary/aromatic N) is 1. The first kappa shape index (κ1) is 17.7. The summed E-state index contributed by atoms with van der Waals surface area (Å²) in [6.45, 7) is 0.267. The van der Waals surface area contributed by atoms with Gasteiger partial charge in [0, 0.05) is 12.7 Å². The van der Waals surface area contributed by atoms with Crippen LogP contribution >= 0.6 is 0 Å². The Labute approximate surface area is 153 Å². The van der Waals surface area contributed by atoms with E-state index in [0.717, 1.165) is 27.9 Å². The molecule has 0 aliphatic rings. The van der Waals surface area contributed by atoms with Crippen molar-refractivity contribution in [2.75, 3.05) is 11.9 Å².